The van der Waals surface area contributed by atoms with Gasteiger partial charge in [-0.05, 0) is 12.1 Å². The molecule has 3 nitrogen and oxygen atoms in total. The van der Waals surface area contributed by atoms with Crippen molar-refractivity contribution in [1.82, 2.24) is 9.97 Å². The van der Waals surface area contributed by atoms with E-state index >= 15 is 0 Å². The van der Waals surface area contributed by atoms with Gasteiger partial charge in [0.1, 0.15) is 0 Å². The zero-order chi connectivity index (χ0) is 7.68. The summed E-state index contributed by atoms with van der Waals surface area (Å²) in [6.45, 7) is 0. The van der Waals surface area contributed by atoms with E-state index < -0.39 is 0 Å². The van der Waals surface area contributed by atoms with E-state index in [1.807, 2.05) is 6.07 Å². The van der Waals surface area contributed by atoms with E-state index in [1.165, 1.54) is 6.07 Å². The maximum Gasteiger partial charge on any atom is 0.189 e. The molecule has 1 N–H and O–H groups in total. The molecule has 0 fully saturated rings. The summed E-state index contributed by atoms with van der Waals surface area (Å²) in [7, 11) is 0. The van der Waals surface area contributed by atoms with E-state index in [4.69, 9.17) is 0 Å². The number of aromatic amines is 1. The zero-order valence-corrected chi connectivity index (χ0v) is 5.74. The molecule has 54 valence electrons. The van der Waals surface area contributed by atoms with Crippen LogP contribution in [0.5, 0.6) is 0 Å². The number of nitrogens with one attached hydrogen (secondary N) is 1. The molecule has 0 bridgehead atoms. The first-order valence-electron chi connectivity index (χ1n) is 3.29. The lowest BCUT2D eigenvalue weighted by Crippen LogP contribution is -2.04. The molecule has 0 amide bonds. The Hall–Kier alpha value is -1.64. The first kappa shape index (κ1) is 6.09. The van der Waals surface area contributed by atoms with Gasteiger partial charge < -0.3 is 4.98 Å². The van der Waals surface area contributed by atoms with Gasteiger partial charge in [-0.3, -0.25) is 4.79 Å². The molecule has 11 heavy (non-hydrogen) atoms. The van der Waals surface area contributed by atoms with Crippen molar-refractivity contribution in [3.05, 3.63) is 40.9 Å². The summed E-state index contributed by atoms with van der Waals surface area (Å²) in [5.74, 6) is 0. The molecular formula is C8H6N2O. The molecule has 0 aromatic heterocycles. The van der Waals surface area contributed by atoms with Crippen LogP contribution in [-0.2, 0) is 0 Å². The fraction of sp³-hybridized carbons (Fsp3) is 0. The Bertz CT molecular complexity index is 394. The number of rotatable bonds is 0. The minimum absolute atomic E-state index is 0.00634. The maximum atomic E-state index is 11.1. The molecule has 1 heterocycles. The van der Waals surface area contributed by atoms with E-state index in [9.17, 15) is 4.79 Å². The number of hydrogen-bond donors (Lipinski definition) is 1. The molecule has 0 saturated heterocycles. The second-order valence-corrected chi connectivity index (χ2v) is 2.27. The van der Waals surface area contributed by atoms with Gasteiger partial charge in [-0.1, -0.05) is 6.07 Å². The Morgan fingerprint density at radius 1 is 1.36 bits per heavy atom. The highest BCUT2D eigenvalue weighted by Crippen LogP contribution is 2.09. The molecule has 0 radical (unpaired) electrons. The van der Waals surface area contributed by atoms with Crippen molar-refractivity contribution < 1.29 is 0 Å². The Morgan fingerprint density at radius 2 is 2.27 bits per heavy atom. The molecule has 0 aromatic carbocycles. The fourth-order valence-corrected chi connectivity index (χ4v) is 1.02. The number of aromatic nitrogens is 2. The van der Waals surface area contributed by atoms with Gasteiger partial charge in [0.25, 0.3) is 0 Å². The van der Waals surface area contributed by atoms with E-state index in [2.05, 4.69) is 9.97 Å². The summed E-state index contributed by atoms with van der Waals surface area (Å²) in [6, 6.07) is 5.09. The third-order valence-corrected chi connectivity index (χ3v) is 1.56. The standard InChI is InChI=1S/C8H6N2O/c11-8-3-1-2-7-6(8)4-9-5-10-7/h1-5H,(H,9,10). The topological polar surface area (TPSA) is 45.8 Å². The molecule has 0 aromatic rings. The predicted molar refractivity (Wildman–Crippen MR) is 41.5 cm³/mol. The highest BCUT2D eigenvalue weighted by molar-refractivity contribution is 5.58. The zero-order valence-electron chi connectivity index (χ0n) is 5.74. The first-order chi connectivity index (χ1) is 5.38. The quantitative estimate of drug-likeness (QED) is 0.599. The van der Waals surface area contributed by atoms with E-state index in [1.54, 1.807) is 18.6 Å². The highest BCUT2D eigenvalue weighted by Gasteiger charge is 2.02. The second-order valence-electron chi connectivity index (χ2n) is 2.27. The summed E-state index contributed by atoms with van der Waals surface area (Å²) in [6.07, 6.45) is 3.12. The van der Waals surface area contributed by atoms with Crippen LogP contribution in [0.4, 0.5) is 0 Å². The van der Waals surface area contributed by atoms with E-state index in [0.29, 0.717) is 5.56 Å². The fourth-order valence-electron chi connectivity index (χ4n) is 1.02. The molecule has 0 atom stereocenters. The molecule has 0 saturated carbocycles. The molecule has 3 heteroatoms. The normalized spacial score (nSPS) is 10.2. The number of fused-ring (bicyclic) bond motifs is 1. The number of H-pyrrole nitrogens is 1. The minimum Gasteiger partial charge on any atom is -0.346 e. The van der Waals surface area contributed by atoms with Crippen LogP contribution in [-0.4, -0.2) is 9.97 Å². The predicted octanol–water partition coefficient (Wildman–Crippen LogP) is 0.875. The molecule has 2 aliphatic rings. The van der Waals surface area contributed by atoms with Gasteiger partial charge in [0.05, 0.1) is 17.6 Å². The summed E-state index contributed by atoms with van der Waals surface area (Å²) in [5.41, 5.74) is 1.47. The largest absolute Gasteiger partial charge is 0.346 e. The van der Waals surface area contributed by atoms with Gasteiger partial charge in [-0.2, -0.15) is 0 Å². The second kappa shape index (κ2) is 2.20. The number of benzene rings is 1. The van der Waals surface area contributed by atoms with Crippen molar-refractivity contribution in [3.8, 4) is 11.3 Å². The van der Waals surface area contributed by atoms with Gasteiger partial charge in [0, 0.05) is 6.20 Å². The van der Waals surface area contributed by atoms with Crippen molar-refractivity contribution in [1.29, 1.82) is 0 Å². The maximum absolute atomic E-state index is 11.1. The van der Waals surface area contributed by atoms with Crippen LogP contribution in [0.15, 0.2) is 35.5 Å². The Labute approximate surface area is 63.1 Å². The Morgan fingerprint density at radius 3 is 3.09 bits per heavy atom. The van der Waals surface area contributed by atoms with Crippen molar-refractivity contribution >= 4 is 0 Å². The lowest BCUT2D eigenvalue weighted by atomic mass is 10.1. The number of nitrogens with zero attached hydrogens (tertiary/aromatic N) is 1. The van der Waals surface area contributed by atoms with Crippen LogP contribution in [0.1, 0.15) is 0 Å². The van der Waals surface area contributed by atoms with E-state index in [-0.39, 0.29) is 5.43 Å². The molecular weight excluding hydrogens is 140 g/mol. The third-order valence-electron chi connectivity index (χ3n) is 1.56. The van der Waals surface area contributed by atoms with Gasteiger partial charge in [-0.15, -0.1) is 0 Å². The third kappa shape index (κ3) is 0.902. The van der Waals surface area contributed by atoms with Crippen LogP contribution < -0.4 is 5.43 Å². The molecule has 1 aliphatic heterocycles. The monoisotopic (exact) mass is 146 g/mol. The van der Waals surface area contributed by atoms with Crippen molar-refractivity contribution in [2.24, 2.45) is 0 Å². The highest BCUT2D eigenvalue weighted by atomic mass is 16.1. The summed E-state index contributed by atoms with van der Waals surface area (Å²) in [4.78, 5) is 17.8. The Kier molecular flexibility index (Phi) is 1.22. The van der Waals surface area contributed by atoms with Crippen LogP contribution in [0.25, 0.3) is 11.3 Å². The van der Waals surface area contributed by atoms with Crippen LogP contribution in [0.2, 0.25) is 0 Å². The summed E-state index contributed by atoms with van der Waals surface area (Å²) >= 11 is 0. The van der Waals surface area contributed by atoms with Crippen LogP contribution in [0, 0.1) is 0 Å². The van der Waals surface area contributed by atoms with E-state index in [0.717, 1.165) is 5.69 Å². The molecule has 0 spiro atoms. The average Bonchev–Trinajstić information content (AvgIpc) is 2.06. The SMILES string of the molecule is O=c1cccc2[nH]cncc1-2. The Balaban J connectivity index is 2.90. The van der Waals surface area contributed by atoms with Gasteiger partial charge in [0.15, 0.2) is 5.43 Å². The van der Waals surface area contributed by atoms with Gasteiger partial charge in [0.2, 0.25) is 0 Å². The molecule has 1 aliphatic carbocycles. The lowest BCUT2D eigenvalue weighted by Gasteiger charge is -1.99. The lowest BCUT2D eigenvalue weighted by molar-refractivity contribution is 1.16. The number of hydrogen-bond acceptors (Lipinski definition) is 2. The summed E-state index contributed by atoms with van der Waals surface area (Å²) < 4.78 is 0. The van der Waals surface area contributed by atoms with Crippen molar-refractivity contribution in [2.75, 3.05) is 0 Å². The molecule has 2 rings (SSSR count). The van der Waals surface area contributed by atoms with Gasteiger partial charge >= 0.3 is 0 Å². The van der Waals surface area contributed by atoms with Crippen molar-refractivity contribution in [2.45, 2.75) is 0 Å². The minimum atomic E-state index is 0.00634. The smallest absolute Gasteiger partial charge is 0.189 e. The van der Waals surface area contributed by atoms with Crippen LogP contribution in [0.3, 0.4) is 0 Å². The van der Waals surface area contributed by atoms with Crippen molar-refractivity contribution in [3.63, 3.8) is 0 Å². The van der Waals surface area contributed by atoms with Crippen LogP contribution >= 0.6 is 0 Å². The summed E-state index contributed by atoms with van der Waals surface area (Å²) in [5, 5.41) is 0. The molecule has 0 unspecified atom stereocenters. The van der Waals surface area contributed by atoms with Gasteiger partial charge in [-0.25, -0.2) is 4.98 Å². The first-order valence-corrected chi connectivity index (χ1v) is 3.29. The average molecular weight is 146 g/mol.